The van der Waals surface area contributed by atoms with Gasteiger partial charge >= 0.3 is 0 Å². The molecule has 0 bridgehead atoms. The summed E-state index contributed by atoms with van der Waals surface area (Å²) in [7, 11) is 4.15. The van der Waals surface area contributed by atoms with E-state index in [0.717, 1.165) is 6.54 Å². The molecule has 0 spiro atoms. The second kappa shape index (κ2) is 9.99. The first-order valence-corrected chi connectivity index (χ1v) is 4.47. The van der Waals surface area contributed by atoms with Gasteiger partial charge in [0.15, 0.2) is 0 Å². The van der Waals surface area contributed by atoms with E-state index in [1.807, 2.05) is 19.9 Å². The predicted molar refractivity (Wildman–Crippen MR) is 70.6 cm³/mol. The summed E-state index contributed by atoms with van der Waals surface area (Å²) >= 11 is 0. The molecule has 0 aliphatic carbocycles. The van der Waals surface area contributed by atoms with Gasteiger partial charge in [-0.25, -0.2) is 0 Å². The zero-order valence-corrected chi connectivity index (χ0v) is 11.3. The van der Waals surface area contributed by atoms with Crippen LogP contribution in [-0.4, -0.2) is 19.0 Å². The number of hydrogen-bond acceptors (Lipinski definition) is 1. The van der Waals surface area contributed by atoms with Gasteiger partial charge in [-0.3, -0.25) is 0 Å². The van der Waals surface area contributed by atoms with Crippen LogP contribution in [0, 0.1) is 0 Å². The van der Waals surface area contributed by atoms with Crippen LogP contribution in [0.4, 0.5) is 0 Å². The van der Waals surface area contributed by atoms with Crippen molar-refractivity contribution in [1.29, 1.82) is 0 Å². The molecule has 1 rings (SSSR count). The van der Waals surface area contributed by atoms with Gasteiger partial charge in [-0.1, -0.05) is 44.2 Å². The number of halogens is 1. The molecule has 1 aromatic carbocycles. The normalized spacial score (nSPS) is 8.38. The molecule has 1 nitrogen and oxygen atoms in total. The van der Waals surface area contributed by atoms with Crippen molar-refractivity contribution in [2.45, 2.75) is 20.4 Å². The van der Waals surface area contributed by atoms with E-state index in [9.17, 15) is 0 Å². The third kappa shape index (κ3) is 8.25. The Morgan fingerprint density at radius 3 is 1.85 bits per heavy atom. The molecule has 0 saturated carbocycles. The molecule has 0 aliphatic heterocycles. The van der Waals surface area contributed by atoms with E-state index in [1.54, 1.807) is 0 Å². The summed E-state index contributed by atoms with van der Waals surface area (Å²) in [5, 5.41) is 0. The summed E-state index contributed by atoms with van der Waals surface area (Å²) in [6.45, 7) is 5.03. The fourth-order valence-electron chi connectivity index (χ4n) is 0.949. The number of rotatable bonds is 2. The van der Waals surface area contributed by atoms with Gasteiger partial charge in [0.1, 0.15) is 0 Å². The van der Waals surface area contributed by atoms with Crippen LogP contribution in [0.1, 0.15) is 19.4 Å². The van der Waals surface area contributed by atoms with E-state index in [2.05, 4.69) is 43.3 Å². The lowest BCUT2D eigenvalue weighted by Crippen LogP contribution is -2.10. The van der Waals surface area contributed by atoms with Crippen molar-refractivity contribution in [2.75, 3.05) is 14.1 Å². The summed E-state index contributed by atoms with van der Waals surface area (Å²) in [5.74, 6) is 0. The zero-order chi connectivity index (χ0) is 9.40. The average molecular weight is 293 g/mol. The van der Waals surface area contributed by atoms with E-state index >= 15 is 0 Å². The highest BCUT2D eigenvalue weighted by molar-refractivity contribution is 14.0. The molecule has 13 heavy (non-hydrogen) atoms. The third-order valence-electron chi connectivity index (χ3n) is 1.34. The molecular formula is C11H20IN. The number of hydrogen-bond donors (Lipinski definition) is 0. The maximum Gasteiger partial charge on any atom is 0.0227 e. The van der Waals surface area contributed by atoms with Crippen LogP contribution in [0.2, 0.25) is 0 Å². The number of nitrogens with zero attached hydrogens (tertiary/aromatic N) is 1. The quantitative estimate of drug-likeness (QED) is 0.755. The first-order valence-electron chi connectivity index (χ1n) is 4.47. The van der Waals surface area contributed by atoms with Crippen molar-refractivity contribution < 1.29 is 0 Å². The molecule has 0 unspecified atom stereocenters. The van der Waals surface area contributed by atoms with Crippen LogP contribution in [0.3, 0.4) is 0 Å². The molecule has 0 heterocycles. The van der Waals surface area contributed by atoms with Crippen LogP contribution < -0.4 is 0 Å². The van der Waals surface area contributed by atoms with Gasteiger partial charge in [-0.2, -0.15) is 0 Å². The van der Waals surface area contributed by atoms with Crippen molar-refractivity contribution in [3.8, 4) is 0 Å². The molecule has 0 radical (unpaired) electrons. The highest BCUT2D eigenvalue weighted by Gasteiger charge is 1.90. The van der Waals surface area contributed by atoms with E-state index in [1.165, 1.54) is 5.56 Å². The van der Waals surface area contributed by atoms with Crippen LogP contribution in [0.5, 0.6) is 0 Å². The minimum absolute atomic E-state index is 0. The molecule has 2 heteroatoms. The van der Waals surface area contributed by atoms with Crippen LogP contribution in [0.15, 0.2) is 30.3 Å². The SMILES string of the molecule is CC.CN(C)Cc1ccccc1.I. The predicted octanol–water partition coefficient (Wildman–Crippen LogP) is 3.39. The van der Waals surface area contributed by atoms with Crippen molar-refractivity contribution in [2.24, 2.45) is 0 Å². The Balaban J connectivity index is 0. The van der Waals surface area contributed by atoms with Gasteiger partial charge in [0.2, 0.25) is 0 Å². The second-order valence-electron chi connectivity index (χ2n) is 2.72. The van der Waals surface area contributed by atoms with E-state index in [-0.39, 0.29) is 24.0 Å². The summed E-state index contributed by atoms with van der Waals surface area (Å²) in [4.78, 5) is 2.16. The van der Waals surface area contributed by atoms with E-state index < -0.39 is 0 Å². The lowest BCUT2D eigenvalue weighted by molar-refractivity contribution is 0.402. The molecule has 0 amide bonds. The van der Waals surface area contributed by atoms with Crippen LogP contribution in [0.25, 0.3) is 0 Å². The molecule has 0 saturated heterocycles. The fourth-order valence-corrected chi connectivity index (χ4v) is 0.949. The molecule has 0 aliphatic rings. The molecule has 76 valence electrons. The maximum atomic E-state index is 2.16. The monoisotopic (exact) mass is 293 g/mol. The van der Waals surface area contributed by atoms with Gasteiger partial charge < -0.3 is 4.90 Å². The highest BCUT2D eigenvalue weighted by atomic mass is 127. The first kappa shape index (κ1) is 15.4. The van der Waals surface area contributed by atoms with Crippen molar-refractivity contribution >= 4 is 24.0 Å². The Kier molecular flexibility index (Phi) is 11.8. The van der Waals surface area contributed by atoms with Gasteiger partial charge in [-0.15, -0.1) is 24.0 Å². The minimum atomic E-state index is 0. The van der Waals surface area contributed by atoms with Gasteiger partial charge in [0, 0.05) is 6.54 Å². The van der Waals surface area contributed by atoms with Gasteiger partial charge in [0.05, 0.1) is 0 Å². The molecule has 0 N–H and O–H groups in total. The minimum Gasteiger partial charge on any atom is -0.305 e. The lowest BCUT2D eigenvalue weighted by Gasteiger charge is -2.08. The number of benzene rings is 1. The Labute approximate surface area is 99.2 Å². The van der Waals surface area contributed by atoms with E-state index in [4.69, 9.17) is 0 Å². The van der Waals surface area contributed by atoms with Crippen molar-refractivity contribution in [1.82, 2.24) is 4.90 Å². The molecule has 0 fully saturated rings. The van der Waals surface area contributed by atoms with Gasteiger partial charge in [-0.05, 0) is 19.7 Å². The van der Waals surface area contributed by atoms with Gasteiger partial charge in [0.25, 0.3) is 0 Å². The smallest absolute Gasteiger partial charge is 0.0227 e. The third-order valence-corrected chi connectivity index (χ3v) is 1.34. The van der Waals surface area contributed by atoms with E-state index in [0.29, 0.717) is 0 Å². The molecule has 1 aromatic rings. The molecule has 0 aromatic heterocycles. The lowest BCUT2D eigenvalue weighted by atomic mass is 10.2. The topological polar surface area (TPSA) is 3.24 Å². The van der Waals surface area contributed by atoms with Crippen molar-refractivity contribution in [3.05, 3.63) is 35.9 Å². The first-order chi connectivity index (χ1) is 5.79. The molecule has 0 atom stereocenters. The van der Waals surface area contributed by atoms with Crippen molar-refractivity contribution in [3.63, 3.8) is 0 Å². The molecular weight excluding hydrogens is 273 g/mol. The van der Waals surface area contributed by atoms with Crippen LogP contribution >= 0.6 is 24.0 Å². The average Bonchev–Trinajstić information content (AvgIpc) is 2.08. The fraction of sp³-hybridized carbons (Fsp3) is 0.455. The zero-order valence-electron chi connectivity index (χ0n) is 8.95. The summed E-state index contributed by atoms with van der Waals surface area (Å²) in [6.07, 6.45) is 0. The van der Waals surface area contributed by atoms with Crippen LogP contribution in [-0.2, 0) is 6.54 Å². The largest absolute Gasteiger partial charge is 0.305 e. The Morgan fingerprint density at radius 1 is 1.00 bits per heavy atom. The summed E-state index contributed by atoms with van der Waals surface area (Å²) in [5.41, 5.74) is 1.37. The second-order valence-corrected chi connectivity index (χ2v) is 2.72. The Hall–Kier alpha value is -0.0900. The summed E-state index contributed by atoms with van der Waals surface area (Å²) in [6, 6.07) is 10.5. The highest BCUT2D eigenvalue weighted by Crippen LogP contribution is 1.99. The Bertz CT molecular complexity index is 185. The Morgan fingerprint density at radius 2 is 1.46 bits per heavy atom. The standard InChI is InChI=1S/C9H13N.C2H6.HI/c1-10(2)8-9-6-4-3-5-7-9;1-2;/h3-7H,8H2,1-2H3;1-2H3;1H. The maximum absolute atomic E-state index is 2.16. The summed E-state index contributed by atoms with van der Waals surface area (Å²) < 4.78 is 0.